The van der Waals surface area contributed by atoms with Crippen molar-refractivity contribution in [2.24, 2.45) is 0 Å². The molecule has 0 saturated heterocycles. The molecule has 0 aromatic heterocycles. The maximum Gasteiger partial charge on any atom is 0.222 e. The van der Waals surface area contributed by atoms with Gasteiger partial charge in [0, 0.05) is 32.7 Å². The Balaban J connectivity index is 2.24. The lowest BCUT2D eigenvalue weighted by Crippen LogP contribution is -2.21. The maximum atomic E-state index is 11.4. The number of amides is 1. The van der Waals surface area contributed by atoms with Gasteiger partial charge in [0.1, 0.15) is 5.75 Å². The van der Waals surface area contributed by atoms with E-state index in [-0.39, 0.29) is 5.91 Å². The number of carbonyl (C=O) groups is 1. The molecule has 0 aliphatic rings. The Hall–Kier alpha value is -1.71. The molecule has 4 nitrogen and oxygen atoms in total. The Bertz CT molecular complexity index is 374. The van der Waals surface area contributed by atoms with Gasteiger partial charge in [0.25, 0.3) is 0 Å². The second-order valence-electron chi connectivity index (χ2n) is 4.69. The van der Waals surface area contributed by atoms with Gasteiger partial charge in [-0.05, 0) is 37.1 Å². The quantitative estimate of drug-likeness (QED) is 0.734. The molecule has 0 radical (unpaired) electrons. The summed E-state index contributed by atoms with van der Waals surface area (Å²) in [4.78, 5) is 13.0. The van der Waals surface area contributed by atoms with Crippen LogP contribution in [0.15, 0.2) is 24.3 Å². The Morgan fingerprint density at radius 1 is 1.26 bits per heavy atom. The third-order valence-electron chi connectivity index (χ3n) is 2.72. The molecule has 0 fully saturated rings. The summed E-state index contributed by atoms with van der Waals surface area (Å²) in [5.41, 5.74) is 1.06. The summed E-state index contributed by atoms with van der Waals surface area (Å²) in [6.45, 7) is 3.64. The van der Waals surface area contributed by atoms with E-state index in [4.69, 9.17) is 4.74 Å². The van der Waals surface area contributed by atoms with Gasteiger partial charge in [-0.25, -0.2) is 0 Å². The molecule has 1 N–H and O–H groups in total. The van der Waals surface area contributed by atoms with Gasteiger partial charge in [-0.2, -0.15) is 0 Å². The van der Waals surface area contributed by atoms with Crippen LogP contribution in [0.4, 0.5) is 5.69 Å². The summed E-state index contributed by atoms with van der Waals surface area (Å²) < 4.78 is 5.52. The van der Waals surface area contributed by atoms with Crippen molar-refractivity contribution in [3.63, 3.8) is 0 Å². The third kappa shape index (κ3) is 6.13. The molecule has 0 atom stereocenters. The summed E-state index contributed by atoms with van der Waals surface area (Å²) in [5, 5.41) is 3.30. The summed E-state index contributed by atoms with van der Waals surface area (Å²) in [5.74, 6) is 1.07. The van der Waals surface area contributed by atoms with E-state index in [9.17, 15) is 4.79 Å². The van der Waals surface area contributed by atoms with Crippen LogP contribution in [0.5, 0.6) is 5.75 Å². The number of hydrogen-bond donors (Lipinski definition) is 1. The van der Waals surface area contributed by atoms with E-state index >= 15 is 0 Å². The van der Waals surface area contributed by atoms with E-state index < -0.39 is 0 Å². The lowest BCUT2D eigenvalue weighted by atomic mass is 10.2. The Morgan fingerprint density at radius 3 is 2.53 bits per heavy atom. The number of hydrogen-bond acceptors (Lipinski definition) is 3. The highest BCUT2D eigenvalue weighted by Gasteiger charge is 2.02. The fourth-order valence-corrected chi connectivity index (χ4v) is 1.58. The minimum absolute atomic E-state index is 0.171. The van der Waals surface area contributed by atoms with E-state index in [1.165, 1.54) is 0 Å². The van der Waals surface area contributed by atoms with Gasteiger partial charge in [0.15, 0.2) is 0 Å². The first-order valence-electron chi connectivity index (χ1n) is 6.80. The highest BCUT2D eigenvalue weighted by atomic mass is 16.5. The molecule has 106 valence electrons. The summed E-state index contributed by atoms with van der Waals surface area (Å²) in [6.07, 6.45) is 2.43. The molecule has 0 spiro atoms. The molecular weight excluding hydrogens is 240 g/mol. The number of benzene rings is 1. The second-order valence-corrected chi connectivity index (χ2v) is 4.69. The summed E-state index contributed by atoms with van der Waals surface area (Å²) >= 11 is 0. The van der Waals surface area contributed by atoms with Crippen LogP contribution < -0.4 is 10.1 Å². The van der Waals surface area contributed by atoms with Crippen molar-refractivity contribution in [2.75, 3.05) is 32.6 Å². The van der Waals surface area contributed by atoms with Crippen LogP contribution in [-0.2, 0) is 4.79 Å². The van der Waals surface area contributed by atoms with Gasteiger partial charge in [0.05, 0.1) is 6.61 Å². The molecule has 1 rings (SSSR count). The molecule has 1 aromatic carbocycles. The van der Waals surface area contributed by atoms with Crippen molar-refractivity contribution >= 4 is 11.6 Å². The van der Waals surface area contributed by atoms with E-state index in [1.807, 2.05) is 24.3 Å². The third-order valence-corrected chi connectivity index (χ3v) is 2.72. The van der Waals surface area contributed by atoms with Crippen LogP contribution >= 0.6 is 0 Å². The van der Waals surface area contributed by atoms with Crippen LogP contribution in [0.25, 0.3) is 0 Å². The minimum Gasteiger partial charge on any atom is -0.494 e. The fraction of sp³-hybridized carbons (Fsp3) is 0.533. The summed E-state index contributed by atoms with van der Waals surface area (Å²) in [6, 6.07) is 7.92. The molecule has 0 bridgehead atoms. The molecule has 19 heavy (non-hydrogen) atoms. The normalized spacial score (nSPS) is 10.1. The van der Waals surface area contributed by atoms with Crippen molar-refractivity contribution in [2.45, 2.75) is 26.2 Å². The Labute approximate surface area is 115 Å². The van der Waals surface area contributed by atoms with Crippen LogP contribution in [0.3, 0.4) is 0 Å². The first-order chi connectivity index (χ1) is 9.13. The fourth-order valence-electron chi connectivity index (χ4n) is 1.58. The van der Waals surface area contributed by atoms with Crippen molar-refractivity contribution in [1.29, 1.82) is 0 Å². The molecule has 1 aromatic rings. The number of rotatable bonds is 8. The zero-order valence-electron chi connectivity index (χ0n) is 12.1. The molecule has 4 heteroatoms. The molecule has 0 aliphatic heterocycles. The molecule has 0 saturated carbocycles. The Kier molecular flexibility index (Phi) is 6.79. The van der Waals surface area contributed by atoms with Crippen molar-refractivity contribution in [1.82, 2.24) is 4.90 Å². The zero-order valence-corrected chi connectivity index (χ0v) is 12.1. The highest BCUT2D eigenvalue weighted by Crippen LogP contribution is 2.15. The minimum atomic E-state index is 0.171. The van der Waals surface area contributed by atoms with Crippen LogP contribution in [0.2, 0.25) is 0 Å². The second kappa shape index (κ2) is 8.40. The monoisotopic (exact) mass is 264 g/mol. The number of nitrogens with zero attached hydrogens (tertiary/aromatic N) is 1. The zero-order chi connectivity index (χ0) is 14.1. The Morgan fingerprint density at radius 2 is 1.95 bits per heavy atom. The number of ether oxygens (including phenoxy) is 1. The highest BCUT2D eigenvalue weighted by molar-refractivity contribution is 5.75. The lowest BCUT2D eigenvalue weighted by molar-refractivity contribution is -0.128. The SMILES string of the molecule is CCCOc1ccc(NCCCC(=O)N(C)C)cc1. The molecule has 0 heterocycles. The molecule has 1 amide bonds. The summed E-state index contributed by atoms with van der Waals surface area (Å²) in [7, 11) is 3.57. The number of nitrogens with one attached hydrogen (secondary N) is 1. The molecule has 0 aliphatic carbocycles. The van der Waals surface area contributed by atoms with Crippen LogP contribution in [0.1, 0.15) is 26.2 Å². The van der Waals surface area contributed by atoms with E-state index in [0.29, 0.717) is 6.42 Å². The van der Waals surface area contributed by atoms with Gasteiger partial charge in [-0.15, -0.1) is 0 Å². The molecule has 0 unspecified atom stereocenters. The molecular formula is C15H24N2O2. The predicted octanol–water partition coefficient (Wildman–Crippen LogP) is 2.76. The largest absolute Gasteiger partial charge is 0.494 e. The average molecular weight is 264 g/mol. The van der Waals surface area contributed by atoms with Crippen LogP contribution in [-0.4, -0.2) is 38.1 Å². The van der Waals surface area contributed by atoms with Gasteiger partial charge >= 0.3 is 0 Å². The van der Waals surface area contributed by atoms with E-state index in [2.05, 4.69) is 12.2 Å². The topological polar surface area (TPSA) is 41.6 Å². The van der Waals surface area contributed by atoms with E-state index in [0.717, 1.165) is 37.4 Å². The smallest absolute Gasteiger partial charge is 0.222 e. The van der Waals surface area contributed by atoms with E-state index in [1.54, 1.807) is 19.0 Å². The lowest BCUT2D eigenvalue weighted by Gasteiger charge is -2.11. The first kappa shape index (κ1) is 15.3. The average Bonchev–Trinajstić information content (AvgIpc) is 2.42. The van der Waals surface area contributed by atoms with Crippen LogP contribution in [0, 0.1) is 0 Å². The standard InChI is InChI=1S/C15H24N2O2/c1-4-12-19-14-9-7-13(8-10-14)16-11-5-6-15(18)17(2)3/h7-10,16H,4-6,11-12H2,1-3H3. The van der Waals surface area contributed by atoms with Gasteiger partial charge < -0.3 is 15.0 Å². The van der Waals surface area contributed by atoms with Gasteiger partial charge in [-0.3, -0.25) is 4.79 Å². The van der Waals surface area contributed by atoms with Gasteiger partial charge in [-0.1, -0.05) is 6.92 Å². The van der Waals surface area contributed by atoms with Crippen molar-refractivity contribution < 1.29 is 9.53 Å². The predicted molar refractivity (Wildman–Crippen MR) is 78.6 cm³/mol. The first-order valence-corrected chi connectivity index (χ1v) is 6.80. The number of anilines is 1. The maximum absolute atomic E-state index is 11.4. The van der Waals surface area contributed by atoms with Gasteiger partial charge in [0.2, 0.25) is 5.91 Å². The van der Waals surface area contributed by atoms with Crippen molar-refractivity contribution in [3.05, 3.63) is 24.3 Å². The van der Waals surface area contributed by atoms with Crippen molar-refractivity contribution in [3.8, 4) is 5.75 Å². The number of carbonyl (C=O) groups excluding carboxylic acids is 1.